The molecule has 0 aromatic heterocycles. The Morgan fingerprint density at radius 1 is 1.21 bits per heavy atom. The van der Waals surface area contributed by atoms with Gasteiger partial charge in [0, 0.05) is 6.54 Å². The molecule has 0 saturated carbocycles. The second-order valence-electron chi connectivity index (χ2n) is 9.46. The summed E-state index contributed by atoms with van der Waals surface area (Å²) in [5.74, 6) is -0.631. The van der Waals surface area contributed by atoms with Crippen molar-refractivity contribution in [3.8, 4) is 0 Å². The third kappa shape index (κ3) is 5.39. The lowest BCUT2D eigenvalue weighted by Crippen LogP contribution is -2.56. The van der Waals surface area contributed by atoms with Crippen molar-refractivity contribution in [2.24, 2.45) is 0 Å². The molecule has 2 aliphatic rings. The molecular weight excluding hydrogens is 390 g/mol. The summed E-state index contributed by atoms with van der Waals surface area (Å²) in [4.78, 5) is 0. The van der Waals surface area contributed by atoms with Crippen LogP contribution in [0.1, 0.15) is 59.4 Å². The molecule has 6 nitrogen and oxygen atoms in total. The Bertz CT molecular complexity index is 772. The molecule has 3 rings (SSSR count). The van der Waals surface area contributed by atoms with E-state index in [0.29, 0.717) is 26.2 Å². The van der Waals surface area contributed by atoms with E-state index in [1.165, 1.54) is 0 Å². The summed E-state index contributed by atoms with van der Waals surface area (Å²) >= 11 is 0. The van der Waals surface area contributed by atoms with Crippen LogP contribution in [0.5, 0.6) is 0 Å². The highest BCUT2D eigenvalue weighted by atomic mass is 32.2. The quantitative estimate of drug-likeness (QED) is 0.695. The minimum Gasteiger partial charge on any atom is -0.372 e. The smallest absolute Gasteiger partial charge is 0.219 e. The van der Waals surface area contributed by atoms with E-state index >= 15 is 0 Å². The number of piperidine rings is 1. The van der Waals surface area contributed by atoms with Crippen LogP contribution in [-0.2, 0) is 30.8 Å². The predicted octanol–water partition coefficient (Wildman–Crippen LogP) is 3.71. The van der Waals surface area contributed by atoms with Gasteiger partial charge in [-0.2, -0.15) is 4.31 Å². The fourth-order valence-electron chi connectivity index (χ4n) is 4.03. The van der Waals surface area contributed by atoms with Crippen LogP contribution in [0.3, 0.4) is 0 Å². The summed E-state index contributed by atoms with van der Waals surface area (Å²) in [6.07, 6.45) is 1.88. The Morgan fingerprint density at radius 3 is 2.48 bits per heavy atom. The fourth-order valence-corrected chi connectivity index (χ4v) is 5.68. The van der Waals surface area contributed by atoms with Crippen LogP contribution in [0.25, 0.3) is 0 Å². The van der Waals surface area contributed by atoms with Crippen LogP contribution >= 0.6 is 0 Å². The molecular formula is C22H35NO5S. The molecule has 2 fully saturated rings. The number of rotatable bonds is 6. The van der Waals surface area contributed by atoms with Crippen LogP contribution in [0, 0.1) is 0 Å². The maximum atomic E-state index is 13.3. The molecule has 0 amide bonds. The first-order valence-corrected chi connectivity index (χ1v) is 11.9. The van der Waals surface area contributed by atoms with Gasteiger partial charge in [-0.15, -0.1) is 0 Å². The second kappa shape index (κ2) is 8.63. The van der Waals surface area contributed by atoms with Crippen molar-refractivity contribution >= 4 is 10.0 Å². The van der Waals surface area contributed by atoms with Gasteiger partial charge < -0.3 is 14.2 Å². The van der Waals surface area contributed by atoms with E-state index < -0.39 is 20.6 Å². The molecule has 7 heteroatoms. The molecule has 0 spiro atoms. The first-order valence-electron chi connectivity index (χ1n) is 10.5. The number of ether oxygens (including phenoxy) is 3. The summed E-state index contributed by atoms with van der Waals surface area (Å²) in [7, 11) is -3.48. The molecule has 0 unspecified atom stereocenters. The van der Waals surface area contributed by atoms with E-state index in [0.717, 1.165) is 18.4 Å². The highest BCUT2D eigenvalue weighted by molar-refractivity contribution is 7.90. The monoisotopic (exact) mass is 425 g/mol. The molecule has 1 aromatic carbocycles. The highest BCUT2D eigenvalue weighted by Crippen LogP contribution is 2.34. The minimum absolute atomic E-state index is 0.145. The average molecular weight is 426 g/mol. The fraction of sp³-hybridized carbons (Fsp3) is 0.727. The van der Waals surface area contributed by atoms with Gasteiger partial charge in [-0.25, -0.2) is 8.42 Å². The second-order valence-corrected chi connectivity index (χ2v) is 12.1. The third-order valence-corrected chi connectivity index (χ3v) is 8.25. The molecule has 2 heterocycles. The molecule has 2 saturated heterocycles. The van der Waals surface area contributed by atoms with Crippen molar-refractivity contribution in [3.63, 3.8) is 0 Å². The summed E-state index contributed by atoms with van der Waals surface area (Å²) in [6, 6.07) is 9.73. The van der Waals surface area contributed by atoms with Gasteiger partial charge in [0.1, 0.15) is 0 Å². The molecule has 29 heavy (non-hydrogen) atoms. The van der Waals surface area contributed by atoms with Crippen molar-refractivity contribution in [1.29, 1.82) is 0 Å². The van der Waals surface area contributed by atoms with Gasteiger partial charge in [0.25, 0.3) is 0 Å². The van der Waals surface area contributed by atoms with Crippen LogP contribution in [0.4, 0.5) is 0 Å². The van der Waals surface area contributed by atoms with Crippen molar-refractivity contribution < 1.29 is 22.6 Å². The van der Waals surface area contributed by atoms with Crippen molar-refractivity contribution in [1.82, 2.24) is 4.31 Å². The third-order valence-electron chi connectivity index (χ3n) is 5.63. The van der Waals surface area contributed by atoms with Crippen LogP contribution in [-0.4, -0.2) is 54.7 Å². The van der Waals surface area contributed by atoms with Crippen molar-refractivity contribution in [2.45, 2.75) is 89.3 Å². The minimum atomic E-state index is -3.48. The lowest BCUT2D eigenvalue weighted by molar-refractivity contribution is -0.142. The maximum Gasteiger partial charge on any atom is 0.219 e. The topological polar surface area (TPSA) is 65.1 Å². The van der Waals surface area contributed by atoms with Crippen LogP contribution in [0.15, 0.2) is 30.3 Å². The largest absolute Gasteiger partial charge is 0.372 e. The molecule has 0 aliphatic carbocycles. The zero-order valence-corrected chi connectivity index (χ0v) is 19.1. The molecule has 3 atom stereocenters. The van der Waals surface area contributed by atoms with Gasteiger partial charge in [-0.3, -0.25) is 0 Å². The zero-order chi connectivity index (χ0) is 21.3. The number of hydrogen-bond donors (Lipinski definition) is 0. The van der Waals surface area contributed by atoms with Crippen molar-refractivity contribution in [2.75, 3.05) is 13.2 Å². The lowest BCUT2D eigenvalue weighted by atomic mass is 9.96. The van der Waals surface area contributed by atoms with E-state index in [9.17, 15) is 8.42 Å². The number of nitrogens with zero attached hydrogens (tertiary/aromatic N) is 1. The first-order chi connectivity index (χ1) is 13.5. The predicted molar refractivity (Wildman–Crippen MR) is 113 cm³/mol. The summed E-state index contributed by atoms with van der Waals surface area (Å²) in [5, 5.41) is 0. The van der Waals surface area contributed by atoms with E-state index in [-0.39, 0.29) is 18.2 Å². The van der Waals surface area contributed by atoms with Crippen LogP contribution < -0.4 is 0 Å². The van der Waals surface area contributed by atoms with Crippen LogP contribution in [0.2, 0.25) is 0 Å². The molecule has 0 radical (unpaired) electrons. The van der Waals surface area contributed by atoms with Gasteiger partial charge in [-0.05, 0) is 59.4 Å². The maximum absolute atomic E-state index is 13.3. The van der Waals surface area contributed by atoms with Gasteiger partial charge in [-0.1, -0.05) is 30.3 Å². The van der Waals surface area contributed by atoms with Gasteiger partial charge in [0.15, 0.2) is 5.79 Å². The number of benzene rings is 1. The standard InChI is InChI=1S/C22H35NO5S/c1-21(2,3)29(24,25)23-13-9-12-20(26-15-17-10-7-6-8-11-17)19(23)14-18-16-27-22(4,5)28-18/h6-8,10-11,18-20H,9,12-16H2,1-5H3/t18-,19+,20-/m0/s1. The SMILES string of the molecule is CC1(C)OC[C@H](C[C@@H]2[C@@H](OCc3ccccc3)CCCN2S(=O)(=O)C(C)(C)C)O1. The Morgan fingerprint density at radius 2 is 1.90 bits per heavy atom. The Balaban J connectivity index is 1.81. The van der Waals surface area contributed by atoms with E-state index in [1.54, 1.807) is 25.1 Å². The average Bonchev–Trinajstić information content (AvgIpc) is 2.99. The number of hydrogen-bond acceptors (Lipinski definition) is 5. The molecule has 1 aromatic rings. The first kappa shape index (κ1) is 22.7. The Kier molecular flexibility index (Phi) is 6.75. The van der Waals surface area contributed by atoms with Gasteiger partial charge >= 0.3 is 0 Å². The number of sulfonamides is 1. The summed E-state index contributed by atoms with van der Waals surface area (Å²) < 4.78 is 45.5. The molecule has 0 N–H and O–H groups in total. The molecule has 164 valence electrons. The normalized spacial score (nSPS) is 28.5. The zero-order valence-electron chi connectivity index (χ0n) is 18.3. The van der Waals surface area contributed by atoms with Crippen molar-refractivity contribution in [3.05, 3.63) is 35.9 Å². The summed E-state index contributed by atoms with van der Waals surface area (Å²) in [6.45, 7) is 10.5. The lowest BCUT2D eigenvalue weighted by Gasteiger charge is -2.43. The van der Waals surface area contributed by atoms with E-state index in [4.69, 9.17) is 14.2 Å². The van der Waals surface area contributed by atoms with Gasteiger partial charge in [0.2, 0.25) is 10.0 Å². The molecule has 0 bridgehead atoms. The molecule has 2 aliphatic heterocycles. The Hall–Kier alpha value is -0.990. The van der Waals surface area contributed by atoms with E-state index in [2.05, 4.69) is 0 Å². The summed E-state index contributed by atoms with van der Waals surface area (Å²) in [5.41, 5.74) is 1.09. The van der Waals surface area contributed by atoms with E-state index in [1.807, 2.05) is 44.2 Å². The van der Waals surface area contributed by atoms with Gasteiger partial charge in [0.05, 0.1) is 36.2 Å². The Labute approximate surface area is 175 Å². The highest BCUT2D eigenvalue weighted by Gasteiger charge is 2.46.